The van der Waals surface area contributed by atoms with Gasteiger partial charge >= 0.3 is 0 Å². The molecular weight excluding hydrogens is 250 g/mol. The van der Waals surface area contributed by atoms with E-state index in [0.29, 0.717) is 17.9 Å². The van der Waals surface area contributed by atoms with E-state index in [4.69, 9.17) is 5.11 Å². The number of benzene rings is 1. The highest BCUT2D eigenvalue weighted by atomic mass is 16.2. The number of aryl methyl sites for hydroxylation is 1. The van der Waals surface area contributed by atoms with Crippen LogP contribution >= 0.6 is 0 Å². The second-order valence-electron chi connectivity index (χ2n) is 5.38. The molecule has 1 amide bonds. The zero-order valence-electron chi connectivity index (χ0n) is 12.7. The van der Waals surface area contributed by atoms with Crippen molar-refractivity contribution in [2.75, 3.05) is 20.2 Å². The Balaban J connectivity index is 2.87. The van der Waals surface area contributed by atoms with Crippen molar-refractivity contribution in [2.45, 2.75) is 27.2 Å². The molecule has 1 rings (SSSR count). The predicted octanol–water partition coefficient (Wildman–Crippen LogP) is 2.46. The number of carbonyl (C=O) groups excluding carboxylic acids is 1. The smallest absolute Gasteiger partial charge is 0.253 e. The summed E-state index contributed by atoms with van der Waals surface area (Å²) in [6, 6.07) is 5.56. The van der Waals surface area contributed by atoms with Gasteiger partial charge in [0.05, 0.1) is 6.61 Å². The maximum Gasteiger partial charge on any atom is 0.253 e. The number of hydrogen-bond donors (Lipinski definition) is 1. The van der Waals surface area contributed by atoms with Gasteiger partial charge < -0.3 is 10.0 Å². The average molecular weight is 273 g/mol. The highest BCUT2D eigenvalue weighted by Gasteiger charge is 2.13. The van der Waals surface area contributed by atoms with E-state index in [0.717, 1.165) is 17.7 Å². The predicted molar refractivity (Wildman–Crippen MR) is 81.6 cm³/mol. The maximum atomic E-state index is 12.3. The van der Waals surface area contributed by atoms with Crippen LogP contribution in [-0.4, -0.2) is 36.1 Å². The van der Waals surface area contributed by atoms with Gasteiger partial charge in [0.2, 0.25) is 0 Å². The average Bonchev–Trinajstić information content (AvgIpc) is 2.39. The molecule has 3 nitrogen and oxygen atoms in total. The Morgan fingerprint density at radius 1 is 1.40 bits per heavy atom. The first kappa shape index (κ1) is 16.3. The van der Waals surface area contributed by atoms with Crippen molar-refractivity contribution in [3.63, 3.8) is 0 Å². The molecule has 0 fully saturated rings. The van der Waals surface area contributed by atoms with E-state index in [1.165, 1.54) is 0 Å². The summed E-state index contributed by atoms with van der Waals surface area (Å²) in [6.45, 7) is 6.95. The summed E-state index contributed by atoms with van der Waals surface area (Å²) in [7, 11) is 1.83. The van der Waals surface area contributed by atoms with Gasteiger partial charge in [0.1, 0.15) is 0 Å². The number of nitrogens with zero attached hydrogens (tertiary/aromatic N) is 1. The van der Waals surface area contributed by atoms with Crippen molar-refractivity contribution < 1.29 is 9.90 Å². The number of amides is 1. The minimum absolute atomic E-state index is 0.0386. The van der Waals surface area contributed by atoms with Gasteiger partial charge in [0, 0.05) is 31.1 Å². The van der Waals surface area contributed by atoms with Gasteiger partial charge in [-0.1, -0.05) is 25.7 Å². The Bertz CT molecular complexity index is 524. The third kappa shape index (κ3) is 4.71. The van der Waals surface area contributed by atoms with Crippen LogP contribution in [0.4, 0.5) is 0 Å². The normalized spacial score (nSPS) is 10.1. The molecule has 0 aliphatic heterocycles. The summed E-state index contributed by atoms with van der Waals surface area (Å²) >= 11 is 0. The zero-order chi connectivity index (χ0) is 15.1. The van der Waals surface area contributed by atoms with Crippen molar-refractivity contribution in [3.8, 4) is 11.8 Å². The molecule has 108 valence electrons. The molecule has 3 heteroatoms. The molecule has 0 aliphatic rings. The quantitative estimate of drug-likeness (QED) is 0.856. The molecule has 0 saturated carbocycles. The van der Waals surface area contributed by atoms with Crippen LogP contribution in [-0.2, 0) is 0 Å². The number of hydrogen-bond acceptors (Lipinski definition) is 2. The Labute approximate surface area is 121 Å². The van der Waals surface area contributed by atoms with Gasteiger partial charge in [-0.05, 0) is 36.6 Å². The monoisotopic (exact) mass is 273 g/mol. The molecule has 20 heavy (non-hydrogen) atoms. The first-order chi connectivity index (χ1) is 9.45. The van der Waals surface area contributed by atoms with Gasteiger partial charge in [0.25, 0.3) is 5.91 Å². The van der Waals surface area contributed by atoms with Crippen LogP contribution in [0, 0.1) is 24.7 Å². The molecule has 0 aliphatic carbocycles. The lowest BCUT2D eigenvalue weighted by molar-refractivity contribution is 0.0779. The lowest BCUT2D eigenvalue weighted by Gasteiger charge is -2.19. The minimum Gasteiger partial charge on any atom is -0.395 e. The Morgan fingerprint density at radius 2 is 2.10 bits per heavy atom. The van der Waals surface area contributed by atoms with E-state index in [9.17, 15) is 4.79 Å². The zero-order valence-corrected chi connectivity index (χ0v) is 12.7. The molecule has 0 radical (unpaired) electrons. The molecule has 0 aromatic heterocycles. The maximum absolute atomic E-state index is 12.3. The van der Waals surface area contributed by atoms with Crippen LogP contribution in [0.1, 0.15) is 41.8 Å². The van der Waals surface area contributed by atoms with Crippen LogP contribution in [0.15, 0.2) is 18.2 Å². The SMILES string of the molecule is Cc1cc(C(=O)N(C)CC(C)C)ccc1C#CCCO. The fourth-order valence-corrected chi connectivity index (χ4v) is 2.00. The highest BCUT2D eigenvalue weighted by molar-refractivity contribution is 5.94. The number of rotatable bonds is 4. The topological polar surface area (TPSA) is 40.5 Å². The molecule has 0 bridgehead atoms. The van der Waals surface area contributed by atoms with Crippen molar-refractivity contribution in [1.29, 1.82) is 0 Å². The van der Waals surface area contributed by atoms with Gasteiger partial charge in [-0.15, -0.1) is 0 Å². The Kier molecular flexibility index (Phi) is 6.27. The molecule has 0 heterocycles. The van der Waals surface area contributed by atoms with Crippen molar-refractivity contribution in [1.82, 2.24) is 4.90 Å². The molecular formula is C17H23NO2. The summed E-state index contributed by atoms with van der Waals surface area (Å²) < 4.78 is 0. The summed E-state index contributed by atoms with van der Waals surface area (Å²) in [6.07, 6.45) is 0.469. The van der Waals surface area contributed by atoms with Gasteiger partial charge in [-0.25, -0.2) is 0 Å². The number of carbonyl (C=O) groups is 1. The lowest BCUT2D eigenvalue weighted by Crippen LogP contribution is -2.30. The minimum atomic E-state index is 0.0386. The number of aliphatic hydroxyl groups is 1. The van der Waals surface area contributed by atoms with Gasteiger partial charge in [-0.3, -0.25) is 4.79 Å². The van der Waals surface area contributed by atoms with Crippen molar-refractivity contribution >= 4 is 5.91 Å². The molecule has 1 aromatic rings. The molecule has 0 saturated heterocycles. The van der Waals surface area contributed by atoms with Crippen LogP contribution in [0.5, 0.6) is 0 Å². The van der Waals surface area contributed by atoms with Crippen LogP contribution in [0.2, 0.25) is 0 Å². The summed E-state index contributed by atoms with van der Waals surface area (Å²) in [5.74, 6) is 6.39. The van der Waals surface area contributed by atoms with E-state index in [2.05, 4.69) is 25.7 Å². The van der Waals surface area contributed by atoms with Crippen LogP contribution in [0.25, 0.3) is 0 Å². The highest BCUT2D eigenvalue weighted by Crippen LogP contribution is 2.12. The fourth-order valence-electron chi connectivity index (χ4n) is 2.00. The molecule has 0 atom stereocenters. The van der Waals surface area contributed by atoms with E-state index in [-0.39, 0.29) is 12.5 Å². The Hall–Kier alpha value is -1.79. The van der Waals surface area contributed by atoms with E-state index in [1.807, 2.05) is 32.2 Å². The summed E-state index contributed by atoms with van der Waals surface area (Å²) in [5, 5.41) is 8.71. The van der Waals surface area contributed by atoms with Gasteiger partial charge in [0.15, 0.2) is 0 Å². The van der Waals surface area contributed by atoms with Crippen molar-refractivity contribution in [2.24, 2.45) is 5.92 Å². The molecule has 0 spiro atoms. The van der Waals surface area contributed by atoms with Gasteiger partial charge in [-0.2, -0.15) is 0 Å². The third-order valence-corrected chi connectivity index (χ3v) is 2.92. The van der Waals surface area contributed by atoms with E-state index in [1.54, 1.807) is 4.90 Å². The first-order valence-corrected chi connectivity index (χ1v) is 6.91. The standard InChI is InChI=1S/C17H23NO2/c1-13(2)12-18(4)17(20)16-9-8-15(14(3)11-16)7-5-6-10-19/h8-9,11,13,19H,6,10,12H2,1-4H3. The molecule has 1 aromatic carbocycles. The fraction of sp³-hybridized carbons (Fsp3) is 0.471. The third-order valence-electron chi connectivity index (χ3n) is 2.92. The number of aliphatic hydroxyl groups excluding tert-OH is 1. The van der Waals surface area contributed by atoms with E-state index < -0.39 is 0 Å². The lowest BCUT2D eigenvalue weighted by atomic mass is 10.0. The Morgan fingerprint density at radius 3 is 2.65 bits per heavy atom. The molecule has 1 N–H and O–H groups in total. The molecule has 0 unspecified atom stereocenters. The van der Waals surface area contributed by atoms with E-state index >= 15 is 0 Å². The first-order valence-electron chi connectivity index (χ1n) is 6.91. The van der Waals surface area contributed by atoms with Crippen LogP contribution in [0.3, 0.4) is 0 Å². The van der Waals surface area contributed by atoms with Crippen molar-refractivity contribution in [3.05, 3.63) is 34.9 Å². The summed E-state index contributed by atoms with van der Waals surface area (Å²) in [5.41, 5.74) is 2.58. The second-order valence-corrected chi connectivity index (χ2v) is 5.38. The second kappa shape index (κ2) is 7.72. The van der Waals surface area contributed by atoms with Crippen LogP contribution < -0.4 is 0 Å². The largest absolute Gasteiger partial charge is 0.395 e. The summed E-state index contributed by atoms with van der Waals surface area (Å²) in [4.78, 5) is 14.0.